The van der Waals surface area contributed by atoms with E-state index in [1.807, 2.05) is 20.8 Å². The summed E-state index contributed by atoms with van der Waals surface area (Å²) < 4.78 is 5.06. The van der Waals surface area contributed by atoms with E-state index in [1.165, 1.54) is 0 Å². The van der Waals surface area contributed by atoms with Crippen molar-refractivity contribution in [3.05, 3.63) is 17.0 Å². The maximum atomic E-state index is 11.6. The lowest BCUT2D eigenvalue weighted by molar-refractivity contribution is -0.121. The van der Waals surface area contributed by atoms with Gasteiger partial charge in [-0.2, -0.15) is 0 Å². The molecule has 1 amide bonds. The summed E-state index contributed by atoms with van der Waals surface area (Å²) in [7, 11) is 0. The first-order valence-electron chi connectivity index (χ1n) is 5.89. The molecule has 1 unspecified atom stereocenters. The van der Waals surface area contributed by atoms with E-state index in [2.05, 4.69) is 10.5 Å². The van der Waals surface area contributed by atoms with Crippen LogP contribution >= 0.6 is 0 Å². The molecule has 0 fully saturated rings. The number of aliphatic hydroxyl groups is 1. The molecule has 1 aromatic rings. The van der Waals surface area contributed by atoms with Gasteiger partial charge in [0.15, 0.2) is 0 Å². The van der Waals surface area contributed by atoms with E-state index in [0.717, 1.165) is 17.0 Å². The fourth-order valence-electron chi connectivity index (χ4n) is 1.89. The molecule has 5 nitrogen and oxygen atoms in total. The van der Waals surface area contributed by atoms with Crippen LogP contribution in [0.2, 0.25) is 0 Å². The van der Waals surface area contributed by atoms with Gasteiger partial charge < -0.3 is 14.9 Å². The molecular weight excluding hydrogens is 220 g/mol. The van der Waals surface area contributed by atoms with Crippen LogP contribution in [0.15, 0.2) is 4.52 Å². The second kappa shape index (κ2) is 6.39. The molecule has 0 radical (unpaired) electrons. The van der Waals surface area contributed by atoms with Gasteiger partial charge >= 0.3 is 0 Å². The molecule has 0 aliphatic rings. The molecule has 1 heterocycles. The lowest BCUT2D eigenvalue weighted by Crippen LogP contribution is -2.27. The van der Waals surface area contributed by atoms with Gasteiger partial charge in [-0.05, 0) is 33.6 Å². The summed E-state index contributed by atoms with van der Waals surface area (Å²) in [6.07, 6.45) is 1.80. The minimum Gasteiger partial charge on any atom is -0.396 e. The van der Waals surface area contributed by atoms with E-state index in [1.54, 1.807) is 0 Å². The van der Waals surface area contributed by atoms with Gasteiger partial charge in [0.2, 0.25) is 5.91 Å². The lowest BCUT2D eigenvalue weighted by Gasteiger charge is -2.13. The minimum absolute atomic E-state index is 0.00838. The van der Waals surface area contributed by atoms with Gasteiger partial charge in [-0.25, -0.2) is 0 Å². The topological polar surface area (TPSA) is 75.4 Å². The molecule has 0 saturated carbocycles. The van der Waals surface area contributed by atoms with Gasteiger partial charge in [0.1, 0.15) is 5.76 Å². The van der Waals surface area contributed by atoms with Gasteiger partial charge in [-0.3, -0.25) is 4.79 Å². The number of nitrogens with zero attached hydrogens (tertiary/aromatic N) is 1. The van der Waals surface area contributed by atoms with Crippen molar-refractivity contribution < 1.29 is 14.4 Å². The normalized spacial score (nSPS) is 12.5. The third-order valence-corrected chi connectivity index (χ3v) is 2.71. The molecule has 17 heavy (non-hydrogen) atoms. The monoisotopic (exact) mass is 240 g/mol. The highest BCUT2D eigenvalue weighted by atomic mass is 16.5. The Hall–Kier alpha value is -1.36. The summed E-state index contributed by atoms with van der Waals surface area (Å²) >= 11 is 0. The Balaban J connectivity index is 2.49. The number of aromatic nitrogens is 1. The summed E-state index contributed by atoms with van der Waals surface area (Å²) in [6.45, 7) is 5.74. The molecular formula is C12H20N2O3. The Kier molecular flexibility index (Phi) is 5.15. The first-order valence-corrected chi connectivity index (χ1v) is 5.89. The Morgan fingerprint density at radius 1 is 1.47 bits per heavy atom. The SMILES string of the molecule is Cc1noc(C)c1C(C)NC(=O)CCCCO. The predicted molar refractivity (Wildman–Crippen MR) is 63.5 cm³/mol. The fourth-order valence-corrected chi connectivity index (χ4v) is 1.89. The zero-order valence-electron chi connectivity index (χ0n) is 10.6. The van der Waals surface area contributed by atoms with Crippen LogP contribution in [0.3, 0.4) is 0 Å². The molecule has 0 saturated heterocycles. The highest BCUT2D eigenvalue weighted by Gasteiger charge is 2.17. The molecule has 1 aromatic heterocycles. The average Bonchev–Trinajstić information content (AvgIpc) is 2.58. The van der Waals surface area contributed by atoms with E-state index in [4.69, 9.17) is 9.63 Å². The molecule has 0 bridgehead atoms. The lowest BCUT2D eigenvalue weighted by atomic mass is 10.1. The van der Waals surface area contributed by atoms with Crippen LogP contribution in [-0.2, 0) is 4.79 Å². The van der Waals surface area contributed by atoms with Crippen molar-refractivity contribution in [1.29, 1.82) is 0 Å². The van der Waals surface area contributed by atoms with Crippen molar-refractivity contribution in [3.63, 3.8) is 0 Å². The number of rotatable bonds is 6. The van der Waals surface area contributed by atoms with Gasteiger partial charge in [0.05, 0.1) is 11.7 Å². The highest BCUT2D eigenvalue weighted by molar-refractivity contribution is 5.76. The first-order chi connectivity index (χ1) is 8.06. The molecule has 0 aromatic carbocycles. The second-order valence-corrected chi connectivity index (χ2v) is 4.21. The number of hydrogen-bond donors (Lipinski definition) is 2. The quantitative estimate of drug-likeness (QED) is 0.741. The first kappa shape index (κ1) is 13.7. The largest absolute Gasteiger partial charge is 0.396 e. The summed E-state index contributed by atoms with van der Waals surface area (Å²) in [4.78, 5) is 11.6. The molecule has 2 N–H and O–H groups in total. The van der Waals surface area contributed by atoms with Crippen molar-refractivity contribution in [3.8, 4) is 0 Å². The minimum atomic E-state index is -0.0946. The van der Waals surface area contributed by atoms with Crippen molar-refractivity contribution in [2.24, 2.45) is 0 Å². The van der Waals surface area contributed by atoms with Crippen LogP contribution in [0.5, 0.6) is 0 Å². The van der Waals surface area contributed by atoms with E-state index < -0.39 is 0 Å². The van der Waals surface area contributed by atoms with Crippen LogP contribution in [-0.4, -0.2) is 22.8 Å². The molecule has 0 spiro atoms. The Morgan fingerprint density at radius 2 is 2.18 bits per heavy atom. The van der Waals surface area contributed by atoms with E-state index >= 15 is 0 Å². The van der Waals surface area contributed by atoms with Crippen molar-refractivity contribution >= 4 is 5.91 Å². The van der Waals surface area contributed by atoms with Gasteiger partial charge in [0.25, 0.3) is 0 Å². The Labute approximate surface area is 101 Å². The Morgan fingerprint density at radius 3 is 2.71 bits per heavy atom. The molecule has 0 aliphatic carbocycles. The van der Waals surface area contributed by atoms with Crippen LogP contribution in [0, 0.1) is 13.8 Å². The van der Waals surface area contributed by atoms with Crippen molar-refractivity contribution in [1.82, 2.24) is 10.5 Å². The highest BCUT2D eigenvalue weighted by Crippen LogP contribution is 2.20. The van der Waals surface area contributed by atoms with E-state index in [-0.39, 0.29) is 18.6 Å². The van der Waals surface area contributed by atoms with E-state index in [0.29, 0.717) is 19.3 Å². The fraction of sp³-hybridized carbons (Fsp3) is 0.667. The second-order valence-electron chi connectivity index (χ2n) is 4.21. The maximum absolute atomic E-state index is 11.6. The number of unbranched alkanes of at least 4 members (excludes halogenated alkanes) is 1. The average molecular weight is 240 g/mol. The van der Waals surface area contributed by atoms with Crippen LogP contribution < -0.4 is 5.32 Å². The summed E-state index contributed by atoms with van der Waals surface area (Å²) in [5.74, 6) is 0.733. The maximum Gasteiger partial charge on any atom is 0.220 e. The van der Waals surface area contributed by atoms with Crippen LogP contribution in [0.4, 0.5) is 0 Å². The molecule has 96 valence electrons. The molecule has 1 rings (SSSR count). The third kappa shape index (κ3) is 3.85. The van der Waals surface area contributed by atoms with Crippen LogP contribution in [0.25, 0.3) is 0 Å². The number of carbonyl (C=O) groups excluding carboxylic acids is 1. The summed E-state index contributed by atoms with van der Waals surface area (Å²) in [5, 5.41) is 15.4. The number of amides is 1. The number of hydrogen-bond acceptors (Lipinski definition) is 4. The van der Waals surface area contributed by atoms with E-state index in [9.17, 15) is 4.79 Å². The van der Waals surface area contributed by atoms with Gasteiger partial charge in [0, 0.05) is 18.6 Å². The van der Waals surface area contributed by atoms with Crippen LogP contribution in [0.1, 0.15) is 49.2 Å². The smallest absolute Gasteiger partial charge is 0.220 e. The summed E-state index contributed by atoms with van der Waals surface area (Å²) in [5.41, 5.74) is 1.76. The molecule has 5 heteroatoms. The predicted octanol–water partition coefficient (Wildman–Crippen LogP) is 1.63. The number of nitrogens with one attached hydrogen (secondary N) is 1. The summed E-state index contributed by atoms with van der Waals surface area (Å²) in [6, 6.07) is -0.0946. The zero-order valence-corrected chi connectivity index (χ0v) is 10.6. The standard InChI is InChI=1S/C12H20N2O3/c1-8(12-9(2)14-17-10(12)3)13-11(16)6-4-5-7-15/h8,15H,4-7H2,1-3H3,(H,13,16). The molecule has 1 atom stereocenters. The van der Waals surface area contributed by atoms with Gasteiger partial charge in [-0.15, -0.1) is 0 Å². The number of aliphatic hydroxyl groups excluding tert-OH is 1. The van der Waals surface area contributed by atoms with Gasteiger partial charge in [-0.1, -0.05) is 5.16 Å². The Bertz CT molecular complexity index is 354. The van der Waals surface area contributed by atoms with Crippen molar-refractivity contribution in [2.75, 3.05) is 6.61 Å². The third-order valence-electron chi connectivity index (χ3n) is 2.71. The van der Waals surface area contributed by atoms with Crippen molar-refractivity contribution in [2.45, 2.75) is 46.1 Å². The number of aryl methyl sites for hydroxylation is 2. The number of carbonyl (C=O) groups is 1. The zero-order chi connectivity index (χ0) is 12.8. The molecule has 0 aliphatic heterocycles.